The Hall–Kier alpha value is -1.90. The third kappa shape index (κ3) is 4.81. The maximum atomic E-state index is 13.1. The van der Waals surface area contributed by atoms with Crippen LogP contribution in [0.25, 0.3) is 0 Å². The second kappa shape index (κ2) is 7.55. The highest BCUT2D eigenvalue weighted by atomic mass is 32.2. The van der Waals surface area contributed by atoms with Crippen LogP contribution in [0.3, 0.4) is 0 Å². The summed E-state index contributed by atoms with van der Waals surface area (Å²) in [7, 11) is -3.27. The zero-order valence-corrected chi connectivity index (χ0v) is 14.9. The molecule has 8 heteroatoms. The number of anilines is 1. The van der Waals surface area contributed by atoms with Crippen LogP contribution in [0.2, 0.25) is 0 Å². The van der Waals surface area contributed by atoms with Crippen molar-refractivity contribution in [1.82, 2.24) is 9.62 Å². The van der Waals surface area contributed by atoms with E-state index in [1.54, 1.807) is 24.5 Å². The molecule has 0 radical (unpaired) electrons. The van der Waals surface area contributed by atoms with Crippen LogP contribution in [0.4, 0.5) is 10.1 Å². The number of halogens is 1. The molecule has 2 heterocycles. The Morgan fingerprint density at radius 3 is 2.40 bits per heavy atom. The van der Waals surface area contributed by atoms with Gasteiger partial charge in [-0.15, -0.1) is 0 Å². The standard InChI is InChI=1S/C17H22FN3O3S/c1-25(22,23)19-13-16(17-3-2-12-24-17)21-10-8-20(9-11-21)15-6-4-14(18)5-7-15/h2-7,12,16,19H,8-11,13H2,1H3/t16-/m0/s1. The van der Waals surface area contributed by atoms with Crippen LogP contribution < -0.4 is 9.62 Å². The van der Waals surface area contributed by atoms with Crippen LogP contribution >= 0.6 is 0 Å². The molecular formula is C17H22FN3O3S. The first-order valence-electron chi connectivity index (χ1n) is 8.15. The average Bonchev–Trinajstić information content (AvgIpc) is 3.10. The first kappa shape index (κ1) is 17.9. The molecule has 1 aliphatic heterocycles. The number of piperazine rings is 1. The van der Waals surface area contributed by atoms with Crippen molar-refractivity contribution in [2.75, 3.05) is 43.9 Å². The van der Waals surface area contributed by atoms with E-state index in [1.807, 2.05) is 6.07 Å². The molecule has 1 N–H and O–H groups in total. The van der Waals surface area contributed by atoms with Crippen molar-refractivity contribution in [2.24, 2.45) is 0 Å². The van der Waals surface area contributed by atoms with Crippen LogP contribution in [-0.2, 0) is 10.0 Å². The molecule has 136 valence electrons. The molecule has 3 rings (SSSR count). The van der Waals surface area contributed by atoms with Crippen molar-refractivity contribution >= 4 is 15.7 Å². The lowest BCUT2D eigenvalue weighted by molar-refractivity contribution is 0.166. The summed E-state index contributed by atoms with van der Waals surface area (Å²) in [5.74, 6) is 0.499. The summed E-state index contributed by atoms with van der Waals surface area (Å²) >= 11 is 0. The number of nitrogens with one attached hydrogen (secondary N) is 1. The Morgan fingerprint density at radius 2 is 1.84 bits per heavy atom. The van der Waals surface area contributed by atoms with Crippen LogP contribution in [0.1, 0.15) is 11.8 Å². The monoisotopic (exact) mass is 367 g/mol. The predicted molar refractivity (Wildman–Crippen MR) is 94.5 cm³/mol. The van der Waals surface area contributed by atoms with E-state index in [0.717, 1.165) is 43.9 Å². The largest absolute Gasteiger partial charge is 0.468 e. The van der Waals surface area contributed by atoms with Gasteiger partial charge in [-0.05, 0) is 36.4 Å². The van der Waals surface area contributed by atoms with Crippen molar-refractivity contribution in [3.63, 3.8) is 0 Å². The minimum absolute atomic E-state index is 0.153. The topological polar surface area (TPSA) is 65.8 Å². The Kier molecular flexibility index (Phi) is 5.41. The normalized spacial score (nSPS) is 17.6. The quantitative estimate of drug-likeness (QED) is 0.844. The molecule has 0 aliphatic carbocycles. The summed E-state index contributed by atoms with van der Waals surface area (Å²) in [6.07, 6.45) is 2.75. The van der Waals surface area contributed by atoms with Gasteiger partial charge in [0.2, 0.25) is 10.0 Å². The molecule has 6 nitrogen and oxygen atoms in total. The Morgan fingerprint density at radius 1 is 1.16 bits per heavy atom. The van der Waals surface area contributed by atoms with E-state index >= 15 is 0 Å². The highest BCUT2D eigenvalue weighted by molar-refractivity contribution is 7.88. The van der Waals surface area contributed by atoms with Gasteiger partial charge in [0.15, 0.2) is 0 Å². The summed E-state index contributed by atoms with van der Waals surface area (Å²) < 4.78 is 44.1. The first-order valence-corrected chi connectivity index (χ1v) is 10.0. The number of hydrogen-bond acceptors (Lipinski definition) is 5. The summed E-state index contributed by atoms with van der Waals surface area (Å²) in [6.45, 7) is 3.34. The fraction of sp³-hybridized carbons (Fsp3) is 0.412. The SMILES string of the molecule is CS(=O)(=O)NC[C@@H](c1ccco1)N1CCN(c2ccc(F)cc2)CC1. The Balaban J connectivity index is 1.66. The van der Waals surface area contributed by atoms with E-state index in [-0.39, 0.29) is 18.4 Å². The van der Waals surface area contributed by atoms with Gasteiger partial charge in [-0.2, -0.15) is 0 Å². The lowest BCUT2D eigenvalue weighted by Gasteiger charge is -2.39. The lowest BCUT2D eigenvalue weighted by atomic mass is 10.1. The van der Waals surface area contributed by atoms with Crippen LogP contribution in [-0.4, -0.2) is 52.3 Å². The van der Waals surface area contributed by atoms with Crippen molar-refractivity contribution in [1.29, 1.82) is 0 Å². The third-order valence-corrected chi connectivity index (χ3v) is 5.05. The average molecular weight is 367 g/mol. The molecule has 25 heavy (non-hydrogen) atoms. The Bertz CT molecular complexity index is 770. The van der Waals surface area contributed by atoms with E-state index in [9.17, 15) is 12.8 Å². The molecule has 2 aromatic rings. The Labute approximate surface area is 147 Å². The predicted octanol–water partition coefficient (Wildman–Crippen LogP) is 1.83. The van der Waals surface area contributed by atoms with Gasteiger partial charge >= 0.3 is 0 Å². The number of benzene rings is 1. The maximum absolute atomic E-state index is 13.1. The van der Waals surface area contributed by atoms with E-state index in [1.165, 1.54) is 12.1 Å². The van der Waals surface area contributed by atoms with Gasteiger partial charge in [0.1, 0.15) is 11.6 Å². The van der Waals surface area contributed by atoms with Gasteiger partial charge in [0, 0.05) is 38.4 Å². The van der Waals surface area contributed by atoms with Gasteiger partial charge in [-0.25, -0.2) is 17.5 Å². The van der Waals surface area contributed by atoms with E-state index in [0.29, 0.717) is 0 Å². The van der Waals surface area contributed by atoms with Crippen molar-refractivity contribution in [3.05, 3.63) is 54.2 Å². The molecule has 0 saturated carbocycles. The zero-order chi connectivity index (χ0) is 17.9. The van der Waals surface area contributed by atoms with Crippen molar-refractivity contribution in [3.8, 4) is 0 Å². The van der Waals surface area contributed by atoms with E-state index < -0.39 is 10.0 Å². The van der Waals surface area contributed by atoms with Crippen LogP contribution in [0.15, 0.2) is 47.1 Å². The number of hydrogen-bond donors (Lipinski definition) is 1. The molecule has 0 unspecified atom stereocenters. The van der Waals surface area contributed by atoms with Gasteiger partial charge in [0.05, 0.1) is 18.6 Å². The highest BCUT2D eigenvalue weighted by Crippen LogP contribution is 2.24. The lowest BCUT2D eigenvalue weighted by Crippen LogP contribution is -2.49. The third-order valence-electron chi connectivity index (χ3n) is 4.36. The fourth-order valence-corrected chi connectivity index (χ4v) is 3.53. The molecule has 0 bridgehead atoms. The molecule has 1 aromatic heterocycles. The summed E-state index contributed by atoms with van der Waals surface area (Å²) in [5, 5.41) is 0. The smallest absolute Gasteiger partial charge is 0.208 e. The second-order valence-electron chi connectivity index (χ2n) is 6.15. The summed E-state index contributed by atoms with van der Waals surface area (Å²) in [4.78, 5) is 4.40. The van der Waals surface area contributed by atoms with Crippen molar-refractivity contribution in [2.45, 2.75) is 6.04 Å². The molecule has 0 amide bonds. The van der Waals surface area contributed by atoms with Crippen LogP contribution in [0.5, 0.6) is 0 Å². The first-order chi connectivity index (χ1) is 11.9. The number of sulfonamides is 1. The highest BCUT2D eigenvalue weighted by Gasteiger charge is 2.27. The van der Waals surface area contributed by atoms with Crippen molar-refractivity contribution < 1.29 is 17.2 Å². The molecule has 1 aromatic carbocycles. The van der Waals surface area contributed by atoms with Gasteiger partial charge in [-0.3, -0.25) is 4.90 Å². The molecular weight excluding hydrogens is 345 g/mol. The molecule has 1 aliphatic rings. The summed E-state index contributed by atoms with van der Waals surface area (Å²) in [6, 6.07) is 9.99. The summed E-state index contributed by atoms with van der Waals surface area (Å²) in [5.41, 5.74) is 0.991. The van der Waals surface area contributed by atoms with Gasteiger partial charge in [0.25, 0.3) is 0 Å². The molecule has 1 fully saturated rings. The number of rotatable bonds is 6. The van der Waals surface area contributed by atoms with Crippen LogP contribution in [0, 0.1) is 5.82 Å². The fourth-order valence-electron chi connectivity index (χ4n) is 3.06. The number of nitrogens with zero attached hydrogens (tertiary/aromatic N) is 2. The molecule has 1 atom stereocenters. The molecule has 1 saturated heterocycles. The minimum atomic E-state index is -3.27. The van der Waals surface area contributed by atoms with E-state index in [2.05, 4.69) is 14.5 Å². The van der Waals surface area contributed by atoms with E-state index in [4.69, 9.17) is 4.42 Å². The molecule has 0 spiro atoms. The number of furan rings is 1. The minimum Gasteiger partial charge on any atom is -0.468 e. The zero-order valence-electron chi connectivity index (χ0n) is 14.1. The van der Waals surface area contributed by atoms with Gasteiger partial charge < -0.3 is 9.32 Å². The van der Waals surface area contributed by atoms with Gasteiger partial charge in [-0.1, -0.05) is 0 Å². The maximum Gasteiger partial charge on any atom is 0.208 e. The second-order valence-corrected chi connectivity index (χ2v) is 7.98.